The number of rotatable bonds is 1. The van der Waals surface area contributed by atoms with Crippen molar-refractivity contribution in [3.63, 3.8) is 0 Å². The lowest BCUT2D eigenvalue weighted by Crippen LogP contribution is -2.52. The topological polar surface area (TPSA) is 32.3 Å². The Morgan fingerprint density at radius 1 is 1.40 bits per heavy atom. The van der Waals surface area contributed by atoms with Crippen LogP contribution in [0, 0.1) is 3.57 Å². The average Bonchev–Trinajstić information content (AvgIpc) is 2.37. The Balaban J connectivity index is 2.32. The first kappa shape index (κ1) is 15.6. The van der Waals surface area contributed by atoms with Crippen molar-refractivity contribution in [2.24, 2.45) is 0 Å². The zero-order valence-electron chi connectivity index (χ0n) is 10.8. The molecule has 3 nitrogen and oxygen atoms in total. The monoisotopic (exact) mass is 398 g/mol. The van der Waals surface area contributed by atoms with E-state index in [1.54, 1.807) is 27.5 Å². The molecule has 1 aliphatic heterocycles. The van der Waals surface area contributed by atoms with Crippen molar-refractivity contribution < 1.29 is 18.0 Å². The summed E-state index contributed by atoms with van der Waals surface area (Å²) < 4.78 is 38.8. The second-order valence-corrected chi connectivity index (χ2v) is 6.02. The Kier molecular flexibility index (Phi) is 4.58. The molecule has 1 aromatic rings. The fourth-order valence-electron chi connectivity index (χ4n) is 2.19. The molecule has 0 bridgehead atoms. The lowest BCUT2D eigenvalue weighted by molar-refractivity contribution is -0.137. The van der Waals surface area contributed by atoms with Gasteiger partial charge in [-0.3, -0.25) is 4.79 Å². The lowest BCUT2D eigenvalue weighted by Gasteiger charge is -2.34. The van der Waals surface area contributed by atoms with Crippen LogP contribution in [0.5, 0.6) is 0 Å². The molecule has 7 heteroatoms. The highest BCUT2D eigenvalue weighted by Crippen LogP contribution is 2.31. The van der Waals surface area contributed by atoms with Gasteiger partial charge >= 0.3 is 6.18 Å². The molecule has 0 aromatic heterocycles. The first-order chi connectivity index (χ1) is 9.29. The number of hydrogen-bond acceptors (Lipinski definition) is 2. The Bertz CT molecular complexity index is 519. The molecule has 1 saturated heterocycles. The predicted octanol–water partition coefficient (Wildman–Crippen LogP) is 2.74. The SMILES string of the molecule is CC1CNCCN1C(=O)c1cc(I)cc(C(F)(F)F)c1. The number of carbonyl (C=O) groups excluding carboxylic acids is 1. The van der Waals surface area contributed by atoms with Crippen LogP contribution in [0.1, 0.15) is 22.8 Å². The quantitative estimate of drug-likeness (QED) is 0.739. The Hall–Kier alpha value is -0.830. The number of benzene rings is 1. The van der Waals surface area contributed by atoms with Crippen molar-refractivity contribution in [2.45, 2.75) is 19.1 Å². The van der Waals surface area contributed by atoms with Crippen LogP contribution >= 0.6 is 22.6 Å². The molecular weight excluding hydrogens is 384 g/mol. The summed E-state index contributed by atoms with van der Waals surface area (Å²) in [4.78, 5) is 14.0. The maximum absolute atomic E-state index is 12.8. The third-order valence-electron chi connectivity index (χ3n) is 3.23. The normalized spacial score (nSPS) is 20.1. The van der Waals surface area contributed by atoms with E-state index in [-0.39, 0.29) is 17.5 Å². The van der Waals surface area contributed by atoms with Gasteiger partial charge in [-0.15, -0.1) is 0 Å². The van der Waals surface area contributed by atoms with Crippen molar-refractivity contribution >= 4 is 28.5 Å². The largest absolute Gasteiger partial charge is 0.416 e. The maximum Gasteiger partial charge on any atom is 0.416 e. The summed E-state index contributed by atoms with van der Waals surface area (Å²) in [6, 6.07) is 3.44. The van der Waals surface area contributed by atoms with Gasteiger partial charge in [-0.25, -0.2) is 0 Å². The molecular formula is C13H14F3IN2O. The number of alkyl halides is 3. The first-order valence-electron chi connectivity index (χ1n) is 6.18. The molecule has 1 aliphatic rings. The van der Waals surface area contributed by atoms with Crippen LogP contribution in [0.25, 0.3) is 0 Å². The Morgan fingerprint density at radius 3 is 2.70 bits per heavy atom. The van der Waals surface area contributed by atoms with Gasteiger partial charge in [-0.1, -0.05) is 0 Å². The summed E-state index contributed by atoms with van der Waals surface area (Å²) in [6.07, 6.45) is -4.44. The molecule has 0 aliphatic carbocycles. The molecule has 110 valence electrons. The van der Waals surface area contributed by atoms with Gasteiger partial charge in [0.1, 0.15) is 0 Å². The van der Waals surface area contributed by atoms with Crippen molar-refractivity contribution in [1.82, 2.24) is 10.2 Å². The highest BCUT2D eigenvalue weighted by Gasteiger charge is 2.32. The highest BCUT2D eigenvalue weighted by atomic mass is 127. The van der Waals surface area contributed by atoms with E-state index in [2.05, 4.69) is 5.32 Å². The average molecular weight is 398 g/mol. The van der Waals surface area contributed by atoms with Gasteiger partial charge in [0.25, 0.3) is 5.91 Å². The number of piperazine rings is 1. The van der Waals surface area contributed by atoms with Crippen molar-refractivity contribution in [1.29, 1.82) is 0 Å². The maximum atomic E-state index is 12.8. The minimum Gasteiger partial charge on any atom is -0.333 e. The molecule has 1 atom stereocenters. The highest BCUT2D eigenvalue weighted by molar-refractivity contribution is 14.1. The van der Waals surface area contributed by atoms with Crippen LogP contribution in [0.2, 0.25) is 0 Å². The van der Waals surface area contributed by atoms with Gasteiger partial charge in [-0.2, -0.15) is 13.2 Å². The molecule has 2 rings (SSSR count). The van der Waals surface area contributed by atoms with Crippen LogP contribution < -0.4 is 5.32 Å². The van der Waals surface area contributed by atoms with E-state index in [4.69, 9.17) is 0 Å². The Morgan fingerprint density at radius 2 is 2.10 bits per heavy atom. The second-order valence-electron chi connectivity index (χ2n) is 4.78. The number of hydrogen-bond donors (Lipinski definition) is 1. The summed E-state index contributed by atoms with van der Waals surface area (Å²) >= 11 is 1.80. The predicted molar refractivity (Wildman–Crippen MR) is 77.5 cm³/mol. The van der Waals surface area contributed by atoms with Crippen LogP contribution in [0.4, 0.5) is 13.2 Å². The van der Waals surface area contributed by atoms with Crippen molar-refractivity contribution in [2.75, 3.05) is 19.6 Å². The minimum atomic E-state index is -4.44. The van der Waals surface area contributed by atoms with Crippen molar-refractivity contribution in [3.8, 4) is 0 Å². The van der Waals surface area contributed by atoms with E-state index in [1.807, 2.05) is 6.92 Å². The number of carbonyl (C=O) groups is 1. The minimum absolute atomic E-state index is 0.0246. The summed E-state index contributed by atoms with van der Waals surface area (Å²) in [5, 5.41) is 3.14. The molecule has 1 amide bonds. The van der Waals surface area contributed by atoms with Crippen LogP contribution in [-0.2, 0) is 6.18 Å². The van der Waals surface area contributed by atoms with E-state index < -0.39 is 11.7 Å². The molecule has 1 unspecified atom stereocenters. The molecule has 0 saturated carbocycles. The zero-order chi connectivity index (χ0) is 14.9. The van der Waals surface area contributed by atoms with E-state index in [1.165, 1.54) is 6.07 Å². The number of halogens is 4. The summed E-state index contributed by atoms with van der Waals surface area (Å²) in [6.45, 7) is 3.70. The van der Waals surface area contributed by atoms with Crippen LogP contribution in [-0.4, -0.2) is 36.5 Å². The van der Waals surface area contributed by atoms with E-state index >= 15 is 0 Å². The van der Waals surface area contributed by atoms with Gasteiger partial charge in [-0.05, 0) is 47.7 Å². The van der Waals surface area contributed by atoms with Crippen LogP contribution in [0.3, 0.4) is 0 Å². The lowest BCUT2D eigenvalue weighted by atomic mass is 10.1. The van der Waals surface area contributed by atoms with Crippen molar-refractivity contribution in [3.05, 3.63) is 32.9 Å². The fourth-order valence-corrected chi connectivity index (χ4v) is 2.86. The molecule has 20 heavy (non-hydrogen) atoms. The zero-order valence-corrected chi connectivity index (χ0v) is 13.0. The van der Waals surface area contributed by atoms with E-state index in [0.29, 0.717) is 23.2 Å². The Labute approximate surface area is 128 Å². The van der Waals surface area contributed by atoms with Gasteiger partial charge in [0, 0.05) is 34.8 Å². The second kappa shape index (κ2) is 5.88. The van der Waals surface area contributed by atoms with Crippen LogP contribution in [0.15, 0.2) is 18.2 Å². The third kappa shape index (κ3) is 3.43. The smallest absolute Gasteiger partial charge is 0.333 e. The van der Waals surface area contributed by atoms with Gasteiger partial charge in [0.05, 0.1) is 5.56 Å². The fraction of sp³-hybridized carbons (Fsp3) is 0.462. The van der Waals surface area contributed by atoms with E-state index in [0.717, 1.165) is 12.1 Å². The standard InChI is InChI=1S/C13H14F3IN2O/c1-8-7-18-2-3-19(8)12(20)9-4-10(13(14,15)16)6-11(17)5-9/h4-6,8,18H,2-3,7H2,1H3. The van der Waals surface area contributed by atoms with E-state index in [9.17, 15) is 18.0 Å². The molecule has 0 radical (unpaired) electrons. The van der Waals surface area contributed by atoms with Gasteiger partial charge in [0.15, 0.2) is 0 Å². The molecule has 1 N–H and O–H groups in total. The number of nitrogens with zero attached hydrogens (tertiary/aromatic N) is 1. The molecule has 1 fully saturated rings. The first-order valence-corrected chi connectivity index (χ1v) is 7.26. The number of amides is 1. The summed E-state index contributed by atoms with van der Waals surface area (Å²) in [5.41, 5.74) is -0.687. The number of nitrogens with one attached hydrogen (secondary N) is 1. The summed E-state index contributed by atoms with van der Waals surface area (Å²) in [7, 11) is 0. The van der Waals surface area contributed by atoms with Gasteiger partial charge in [0.2, 0.25) is 0 Å². The molecule has 1 heterocycles. The van der Waals surface area contributed by atoms with Gasteiger partial charge < -0.3 is 10.2 Å². The molecule has 0 spiro atoms. The molecule has 1 aromatic carbocycles. The third-order valence-corrected chi connectivity index (χ3v) is 3.86. The summed E-state index contributed by atoms with van der Waals surface area (Å²) in [5.74, 6) is -0.344.